The molecule has 0 aliphatic heterocycles. The monoisotopic (exact) mass is 338 g/mol. The Morgan fingerprint density at radius 3 is 2.52 bits per heavy atom. The fraction of sp³-hybridized carbons (Fsp3) is 0.300. The summed E-state index contributed by atoms with van der Waals surface area (Å²) in [4.78, 5) is 12.5. The highest BCUT2D eigenvalue weighted by atomic mass is 16.5. The Morgan fingerprint density at radius 2 is 1.76 bits per heavy atom. The number of rotatable bonds is 9. The number of carbonyl (C=O) groups excluding carboxylic acids is 1. The molecule has 2 rings (SSSR count). The van der Waals surface area contributed by atoms with Crippen LogP contribution in [0.5, 0.6) is 0 Å². The molecule has 5 heteroatoms. The molecule has 0 spiro atoms. The van der Waals surface area contributed by atoms with Crippen molar-refractivity contribution in [3.63, 3.8) is 0 Å². The molecule has 0 atom stereocenters. The van der Waals surface area contributed by atoms with E-state index in [1.165, 1.54) is 0 Å². The van der Waals surface area contributed by atoms with Gasteiger partial charge in [-0.1, -0.05) is 36.4 Å². The number of nitrogens with zero attached hydrogens (tertiary/aromatic N) is 1. The van der Waals surface area contributed by atoms with Gasteiger partial charge in [-0.05, 0) is 24.1 Å². The van der Waals surface area contributed by atoms with Gasteiger partial charge in [0.15, 0.2) is 0 Å². The van der Waals surface area contributed by atoms with Crippen molar-refractivity contribution < 1.29 is 14.3 Å². The van der Waals surface area contributed by atoms with Crippen LogP contribution in [0.2, 0.25) is 0 Å². The second kappa shape index (κ2) is 10.2. The van der Waals surface area contributed by atoms with Crippen LogP contribution in [0, 0.1) is 11.3 Å². The summed E-state index contributed by atoms with van der Waals surface area (Å²) >= 11 is 0. The number of carbonyl (C=O) groups is 1. The highest BCUT2D eigenvalue weighted by Gasteiger charge is 2.14. The zero-order chi connectivity index (χ0) is 17.9. The molecule has 1 N–H and O–H groups in total. The maximum absolute atomic E-state index is 12.5. The molecule has 0 saturated carbocycles. The Morgan fingerprint density at radius 1 is 1.04 bits per heavy atom. The van der Waals surface area contributed by atoms with Gasteiger partial charge in [0.1, 0.15) is 0 Å². The third kappa shape index (κ3) is 5.42. The maximum atomic E-state index is 12.5. The van der Waals surface area contributed by atoms with Crippen LogP contribution in [0.25, 0.3) is 11.1 Å². The van der Waals surface area contributed by atoms with E-state index in [9.17, 15) is 10.1 Å². The molecular weight excluding hydrogens is 316 g/mol. The van der Waals surface area contributed by atoms with E-state index in [4.69, 9.17) is 9.47 Å². The first-order chi connectivity index (χ1) is 12.3. The average molecular weight is 338 g/mol. The SMILES string of the molecule is COCCOCCCNC(=O)c1ccccc1-c1ccccc1C#N. The van der Waals surface area contributed by atoms with Gasteiger partial charge in [-0.3, -0.25) is 4.79 Å². The largest absolute Gasteiger partial charge is 0.382 e. The van der Waals surface area contributed by atoms with Gasteiger partial charge in [0, 0.05) is 31.4 Å². The summed E-state index contributed by atoms with van der Waals surface area (Å²) in [6.45, 7) is 2.22. The minimum atomic E-state index is -0.153. The first kappa shape index (κ1) is 18.7. The van der Waals surface area contributed by atoms with Crippen LogP contribution in [-0.2, 0) is 9.47 Å². The van der Waals surface area contributed by atoms with E-state index in [2.05, 4.69) is 11.4 Å². The van der Waals surface area contributed by atoms with E-state index in [0.29, 0.717) is 37.5 Å². The van der Waals surface area contributed by atoms with Gasteiger partial charge in [-0.25, -0.2) is 0 Å². The van der Waals surface area contributed by atoms with Gasteiger partial charge >= 0.3 is 0 Å². The Bertz CT molecular complexity index is 738. The number of ether oxygens (including phenoxy) is 2. The minimum absolute atomic E-state index is 0.153. The molecule has 0 bridgehead atoms. The van der Waals surface area contributed by atoms with E-state index in [1.807, 2.05) is 36.4 Å². The van der Waals surface area contributed by atoms with Gasteiger partial charge < -0.3 is 14.8 Å². The molecule has 0 heterocycles. The number of nitrogens with one attached hydrogen (secondary N) is 1. The molecule has 5 nitrogen and oxygen atoms in total. The lowest BCUT2D eigenvalue weighted by atomic mass is 9.95. The van der Waals surface area contributed by atoms with E-state index >= 15 is 0 Å². The second-order valence-electron chi connectivity index (χ2n) is 5.42. The summed E-state index contributed by atoms with van der Waals surface area (Å²) < 4.78 is 10.3. The highest BCUT2D eigenvalue weighted by Crippen LogP contribution is 2.26. The first-order valence-electron chi connectivity index (χ1n) is 8.21. The lowest BCUT2D eigenvalue weighted by Crippen LogP contribution is -2.26. The fourth-order valence-electron chi connectivity index (χ4n) is 2.45. The van der Waals surface area contributed by atoms with E-state index in [0.717, 1.165) is 17.5 Å². The third-order valence-electron chi connectivity index (χ3n) is 3.69. The number of methoxy groups -OCH3 is 1. The van der Waals surface area contributed by atoms with Crippen LogP contribution < -0.4 is 5.32 Å². The van der Waals surface area contributed by atoms with Crippen LogP contribution in [0.3, 0.4) is 0 Å². The zero-order valence-electron chi connectivity index (χ0n) is 14.3. The van der Waals surface area contributed by atoms with Crippen LogP contribution >= 0.6 is 0 Å². The normalized spacial score (nSPS) is 10.2. The summed E-state index contributed by atoms with van der Waals surface area (Å²) in [7, 11) is 1.63. The van der Waals surface area contributed by atoms with Gasteiger partial charge in [0.25, 0.3) is 5.91 Å². The Balaban J connectivity index is 2.01. The predicted octanol–water partition coefficient (Wildman–Crippen LogP) is 3.01. The number of amides is 1. The van der Waals surface area contributed by atoms with Crippen molar-refractivity contribution in [2.75, 3.05) is 33.5 Å². The van der Waals surface area contributed by atoms with Crippen molar-refractivity contribution in [1.82, 2.24) is 5.32 Å². The predicted molar refractivity (Wildman–Crippen MR) is 96.2 cm³/mol. The number of nitriles is 1. The van der Waals surface area contributed by atoms with Gasteiger partial charge in [0.05, 0.1) is 24.8 Å². The van der Waals surface area contributed by atoms with Gasteiger partial charge in [-0.2, -0.15) is 5.26 Å². The molecule has 0 aliphatic rings. The Hall–Kier alpha value is -2.68. The van der Waals surface area contributed by atoms with E-state index in [1.54, 1.807) is 19.2 Å². The smallest absolute Gasteiger partial charge is 0.251 e. The topological polar surface area (TPSA) is 71.3 Å². The maximum Gasteiger partial charge on any atom is 0.251 e. The van der Waals surface area contributed by atoms with Crippen LogP contribution in [-0.4, -0.2) is 39.4 Å². The summed E-state index contributed by atoms with van der Waals surface area (Å²) in [6, 6.07) is 16.8. The molecule has 1 amide bonds. The van der Waals surface area contributed by atoms with Crippen LogP contribution in [0.4, 0.5) is 0 Å². The van der Waals surface area contributed by atoms with Gasteiger partial charge in [0.2, 0.25) is 0 Å². The van der Waals surface area contributed by atoms with Crippen molar-refractivity contribution >= 4 is 5.91 Å². The molecule has 0 saturated heterocycles. The molecule has 0 aromatic heterocycles. The van der Waals surface area contributed by atoms with Crippen molar-refractivity contribution in [3.8, 4) is 17.2 Å². The Kier molecular flexibility index (Phi) is 7.64. The standard InChI is InChI=1S/C20H22N2O3/c1-24-13-14-25-12-6-11-22-20(23)19-10-5-4-9-18(19)17-8-3-2-7-16(17)15-21/h2-5,7-10H,6,11-14H2,1H3,(H,22,23). The van der Waals surface area contributed by atoms with Crippen LogP contribution in [0.1, 0.15) is 22.3 Å². The molecule has 2 aromatic carbocycles. The second-order valence-corrected chi connectivity index (χ2v) is 5.42. The van der Waals surface area contributed by atoms with Gasteiger partial charge in [-0.15, -0.1) is 0 Å². The van der Waals surface area contributed by atoms with Crippen molar-refractivity contribution in [3.05, 3.63) is 59.7 Å². The van der Waals surface area contributed by atoms with Crippen molar-refractivity contribution in [1.29, 1.82) is 5.26 Å². The molecule has 2 aromatic rings. The molecular formula is C20H22N2O3. The number of hydrogen-bond donors (Lipinski definition) is 1. The molecule has 0 fully saturated rings. The number of hydrogen-bond acceptors (Lipinski definition) is 4. The summed E-state index contributed by atoms with van der Waals surface area (Å²) in [6.07, 6.45) is 0.729. The van der Waals surface area contributed by atoms with Crippen LogP contribution in [0.15, 0.2) is 48.5 Å². The average Bonchev–Trinajstić information content (AvgIpc) is 2.67. The lowest BCUT2D eigenvalue weighted by molar-refractivity contribution is 0.0688. The lowest BCUT2D eigenvalue weighted by Gasteiger charge is -2.11. The van der Waals surface area contributed by atoms with Crippen molar-refractivity contribution in [2.45, 2.75) is 6.42 Å². The molecule has 0 aliphatic carbocycles. The Labute approximate surface area is 148 Å². The molecule has 0 radical (unpaired) electrons. The molecule has 130 valence electrons. The van der Waals surface area contributed by atoms with Crippen molar-refractivity contribution in [2.24, 2.45) is 0 Å². The third-order valence-corrected chi connectivity index (χ3v) is 3.69. The van der Waals surface area contributed by atoms with E-state index in [-0.39, 0.29) is 5.91 Å². The number of benzene rings is 2. The summed E-state index contributed by atoms with van der Waals surface area (Å²) in [5, 5.41) is 12.2. The zero-order valence-corrected chi connectivity index (χ0v) is 14.3. The molecule has 0 unspecified atom stereocenters. The first-order valence-corrected chi connectivity index (χ1v) is 8.21. The minimum Gasteiger partial charge on any atom is -0.382 e. The summed E-state index contributed by atoms with van der Waals surface area (Å²) in [5.41, 5.74) is 2.63. The quantitative estimate of drug-likeness (QED) is 0.714. The fourth-order valence-corrected chi connectivity index (χ4v) is 2.45. The van der Waals surface area contributed by atoms with E-state index < -0.39 is 0 Å². The highest BCUT2D eigenvalue weighted by molar-refractivity contribution is 6.01. The summed E-state index contributed by atoms with van der Waals surface area (Å²) in [5.74, 6) is -0.153. The molecule has 25 heavy (non-hydrogen) atoms.